The number of nitrogens with one attached hydrogen (secondary N) is 1. The molecule has 0 aromatic heterocycles. The van der Waals surface area contributed by atoms with Gasteiger partial charge in [0.2, 0.25) is 0 Å². The summed E-state index contributed by atoms with van der Waals surface area (Å²) in [5.74, 6) is 1.47. The van der Waals surface area contributed by atoms with Gasteiger partial charge in [0.1, 0.15) is 5.75 Å². The molecular weight excluding hydrogens is 224 g/mol. The molecule has 1 atom stereocenters. The summed E-state index contributed by atoms with van der Waals surface area (Å²) in [7, 11) is 1.67. The van der Waals surface area contributed by atoms with Crippen LogP contribution in [0.2, 0.25) is 0 Å². The molecule has 1 rings (SSSR count). The fourth-order valence-electron chi connectivity index (χ4n) is 1.59. The summed E-state index contributed by atoms with van der Waals surface area (Å²) in [6.07, 6.45) is 0. The second kappa shape index (κ2) is 6.10. The molecule has 18 heavy (non-hydrogen) atoms. The van der Waals surface area contributed by atoms with Crippen molar-refractivity contribution in [2.75, 3.05) is 19.4 Å². The summed E-state index contributed by atoms with van der Waals surface area (Å²) < 4.78 is 5.21. The van der Waals surface area contributed by atoms with Crippen molar-refractivity contribution in [2.24, 2.45) is 11.3 Å². The lowest BCUT2D eigenvalue weighted by molar-refractivity contribution is 0.252. The first-order valence-corrected chi connectivity index (χ1v) is 6.47. The molecular formula is C15H26N2O. The maximum atomic E-state index is 5.95. The van der Waals surface area contributed by atoms with Gasteiger partial charge in [-0.3, -0.25) is 0 Å². The van der Waals surface area contributed by atoms with E-state index in [-0.39, 0.29) is 0 Å². The van der Waals surface area contributed by atoms with E-state index in [1.807, 2.05) is 18.2 Å². The van der Waals surface area contributed by atoms with Crippen LogP contribution in [0, 0.1) is 11.3 Å². The SMILES string of the molecule is COc1ccc(N)c(CNCC(C)C(C)(C)C)c1. The van der Waals surface area contributed by atoms with Gasteiger partial charge in [-0.2, -0.15) is 0 Å². The molecule has 0 spiro atoms. The minimum Gasteiger partial charge on any atom is -0.497 e. The van der Waals surface area contributed by atoms with Crippen LogP contribution in [0.25, 0.3) is 0 Å². The zero-order valence-corrected chi connectivity index (χ0v) is 12.2. The number of nitrogen functional groups attached to an aromatic ring is 1. The lowest BCUT2D eigenvalue weighted by atomic mass is 9.82. The van der Waals surface area contributed by atoms with Crippen LogP contribution in [-0.2, 0) is 6.54 Å². The van der Waals surface area contributed by atoms with E-state index in [2.05, 4.69) is 33.0 Å². The largest absolute Gasteiger partial charge is 0.497 e. The average Bonchev–Trinajstić information content (AvgIpc) is 2.30. The summed E-state index contributed by atoms with van der Waals surface area (Å²) >= 11 is 0. The quantitative estimate of drug-likeness (QED) is 0.790. The van der Waals surface area contributed by atoms with Crippen molar-refractivity contribution in [2.45, 2.75) is 34.2 Å². The molecule has 0 amide bonds. The van der Waals surface area contributed by atoms with E-state index >= 15 is 0 Å². The van der Waals surface area contributed by atoms with Gasteiger partial charge in [0.15, 0.2) is 0 Å². The first-order chi connectivity index (χ1) is 8.34. The zero-order valence-electron chi connectivity index (χ0n) is 12.2. The van der Waals surface area contributed by atoms with Crippen LogP contribution in [-0.4, -0.2) is 13.7 Å². The van der Waals surface area contributed by atoms with Gasteiger partial charge in [0.25, 0.3) is 0 Å². The Hall–Kier alpha value is -1.22. The standard InChI is InChI=1S/C15H26N2O/c1-11(15(2,3)4)9-17-10-12-8-13(18-5)6-7-14(12)16/h6-8,11,17H,9-10,16H2,1-5H3. The summed E-state index contributed by atoms with van der Waals surface area (Å²) in [6.45, 7) is 10.8. The van der Waals surface area contributed by atoms with Gasteiger partial charge in [0.05, 0.1) is 7.11 Å². The predicted molar refractivity (Wildman–Crippen MR) is 77.7 cm³/mol. The Bertz CT molecular complexity index is 383. The average molecular weight is 250 g/mol. The molecule has 0 radical (unpaired) electrons. The molecule has 1 aromatic carbocycles. The van der Waals surface area contributed by atoms with Crippen LogP contribution in [0.3, 0.4) is 0 Å². The van der Waals surface area contributed by atoms with Gasteiger partial charge in [-0.15, -0.1) is 0 Å². The van der Waals surface area contributed by atoms with Crippen molar-refractivity contribution in [1.82, 2.24) is 5.32 Å². The third-order valence-electron chi connectivity index (χ3n) is 3.59. The molecule has 0 bridgehead atoms. The van der Waals surface area contributed by atoms with Gasteiger partial charge in [-0.1, -0.05) is 27.7 Å². The highest BCUT2D eigenvalue weighted by Crippen LogP contribution is 2.25. The minimum absolute atomic E-state index is 0.326. The van der Waals surface area contributed by atoms with Gasteiger partial charge < -0.3 is 15.8 Å². The predicted octanol–water partition coefficient (Wildman–Crippen LogP) is 3.05. The molecule has 3 N–H and O–H groups in total. The van der Waals surface area contributed by atoms with Gasteiger partial charge >= 0.3 is 0 Å². The molecule has 0 fully saturated rings. The smallest absolute Gasteiger partial charge is 0.119 e. The number of methoxy groups -OCH3 is 1. The van der Waals surface area contributed by atoms with E-state index in [0.29, 0.717) is 11.3 Å². The first-order valence-electron chi connectivity index (χ1n) is 6.47. The summed E-state index contributed by atoms with van der Waals surface area (Å²) in [4.78, 5) is 0. The topological polar surface area (TPSA) is 47.3 Å². The van der Waals surface area contributed by atoms with E-state index in [4.69, 9.17) is 10.5 Å². The van der Waals surface area contributed by atoms with E-state index in [9.17, 15) is 0 Å². The molecule has 3 nitrogen and oxygen atoms in total. The number of rotatable bonds is 5. The fourth-order valence-corrected chi connectivity index (χ4v) is 1.59. The van der Waals surface area contributed by atoms with E-state index < -0.39 is 0 Å². The maximum absolute atomic E-state index is 5.95. The molecule has 0 saturated heterocycles. The summed E-state index contributed by atoms with van der Waals surface area (Å²) in [5, 5.41) is 3.46. The zero-order chi connectivity index (χ0) is 13.8. The Morgan fingerprint density at radius 3 is 2.56 bits per heavy atom. The number of benzene rings is 1. The molecule has 0 saturated carbocycles. The highest BCUT2D eigenvalue weighted by Gasteiger charge is 2.19. The highest BCUT2D eigenvalue weighted by molar-refractivity contribution is 5.50. The Labute approximate surface area is 111 Å². The monoisotopic (exact) mass is 250 g/mol. The van der Waals surface area contributed by atoms with Crippen molar-refractivity contribution in [3.05, 3.63) is 23.8 Å². The third-order valence-corrected chi connectivity index (χ3v) is 3.59. The minimum atomic E-state index is 0.326. The normalized spacial score (nSPS) is 13.4. The van der Waals surface area contributed by atoms with Gasteiger partial charge in [-0.25, -0.2) is 0 Å². The second-order valence-corrected chi connectivity index (χ2v) is 5.96. The van der Waals surface area contributed by atoms with Gasteiger partial charge in [0, 0.05) is 12.2 Å². The Morgan fingerprint density at radius 1 is 1.33 bits per heavy atom. The van der Waals surface area contributed by atoms with E-state index in [1.165, 1.54) is 0 Å². The fraction of sp³-hybridized carbons (Fsp3) is 0.600. The number of hydrogen-bond donors (Lipinski definition) is 2. The molecule has 3 heteroatoms. The Balaban J connectivity index is 2.53. The first kappa shape index (κ1) is 14.8. The van der Waals surface area contributed by atoms with Crippen LogP contribution in [0.1, 0.15) is 33.3 Å². The molecule has 0 aliphatic rings. The third kappa shape index (κ3) is 4.22. The van der Waals surface area contributed by atoms with E-state index in [0.717, 1.165) is 30.1 Å². The van der Waals surface area contributed by atoms with Crippen molar-refractivity contribution in [3.63, 3.8) is 0 Å². The van der Waals surface area contributed by atoms with Crippen LogP contribution in [0.4, 0.5) is 5.69 Å². The molecule has 0 heterocycles. The van der Waals surface area contributed by atoms with Gasteiger partial charge in [-0.05, 0) is 41.6 Å². The lowest BCUT2D eigenvalue weighted by Gasteiger charge is -2.27. The van der Waals surface area contributed by atoms with Crippen molar-refractivity contribution in [3.8, 4) is 5.75 Å². The second-order valence-electron chi connectivity index (χ2n) is 5.96. The van der Waals surface area contributed by atoms with Crippen molar-refractivity contribution in [1.29, 1.82) is 0 Å². The van der Waals surface area contributed by atoms with Crippen molar-refractivity contribution < 1.29 is 4.74 Å². The molecule has 0 aliphatic heterocycles. The van der Waals surface area contributed by atoms with Crippen LogP contribution >= 0.6 is 0 Å². The Morgan fingerprint density at radius 2 is 2.00 bits per heavy atom. The number of anilines is 1. The van der Waals surface area contributed by atoms with Crippen LogP contribution in [0.5, 0.6) is 5.75 Å². The number of nitrogens with two attached hydrogens (primary N) is 1. The molecule has 1 aromatic rings. The van der Waals surface area contributed by atoms with Crippen LogP contribution in [0.15, 0.2) is 18.2 Å². The number of ether oxygens (including phenoxy) is 1. The Kier molecular flexibility index (Phi) is 5.03. The molecule has 102 valence electrons. The molecule has 1 unspecified atom stereocenters. The van der Waals surface area contributed by atoms with Crippen LogP contribution < -0.4 is 15.8 Å². The van der Waals surface area contributed by atoms with Crippen molar-refractivity contribution >= 4 is 5.69 Å². The summed E-state index contributed by atoms with van der Waals surface area (Å²) in [5.41, 5.74) is 8.18. The summed E-state index contributed by atoms with van der Waals surface area (Å²) in [6, 6.07) is 5.77. The number of hydrogen-bond acceptors (Lipinski definition) is 3. The van der Waals surface area contributed by atoms with E-state index in [1.54, 1.807) is 7.11 Å². The lowest BCUT2D eigenvalue weighted by Crippen LogP contribution is -2.29. The highest BCUT2D eigenvalue weighted by atomic mass is 16.5. The molecule has 0 aliphatic carbocycles. The maximum Gasteiger partial charge on any atom is 0.119 e.